The monoisotopic (exact) mass is 291 g/mol. The summed E-state index contributed by atoms with van der Waals surface area (Å²) in [6.45, 7) is 7.25. The molecule has 2 fully saturated rings. The van der Waals surface area contributed by atoms with Crippen LogP contribution in [-0.4, -0.2) is 34.5 Å². The van der Waals surface area contributed by atoms with Gasteiger partial charge in [-0.05, 0) is 43.4 Å². The summed E-state index contributed by atoms with van der Waals surface area (Å²) in [6.07, 6.45) is 6.04. The molecule has 1 saturated carbocycles. The summed E-state index contributed by atoms with van der Waals surface area (Å²) in [6, 6.07) is 0.214. The molecule has 0 aromatic carbocycles. The first-order valence-electron chi connectivity index (χ1n) is 8.11. The standard InChI is InChI=1S/C17H25NO3/c1-9-6-10(2)11(3)18(8-9)16(19)14-12-4-5-13(7-12)15(14)17(20)21/h4-5,9-15H,6-8H2,1-3H3,(H,20,21). The number of fused-ring (bicyclic) bond motifs is 2. The summed E-state index contributed by atoms with van der Waals surface area (Å²) >= 11 is 0. The normalized spacial score (nSPS) is 45.1. The summed E-state index contributed by atoms with van der Waals surface area (Å²) in [5.41, 5.74) is 0. The maximum Gasteiger partial charge on any atom is 0.307 e. The van der Waals surface area contributed by atoms with E-state index in [1.165, 1.54) is 0 Å². The lowest BCUT2D eigenvalue weighted by Crippen LogP contribution is -2.53. The number of carboxylic acids is 1. The van der Waals surface area contributed by atoms with E-state index in [9.17, 15) is 14.7 Å². The van der Waals surface area contributed by atoms with E-state index in [2.05, 4.69) is 26.8 Å². The van der Waals surface area contributed by atoms with E-state index in [1.54, 1.807) is 0 Å². The van der Waals surface area contributed by atoms with Crippen LogP contribution in [0.1, 0.15) is 33.6 Å². The van der Waals surface area contributed by atoms with Gasteiger partial charge in [-0.3, -0.25) is 9.59 Å². The van der Waals surface area contributed by atoms with Crippen molar-refractivity contribution in [2.24, 2.45) is 35.5 Å². The van der Waals surface area contributed by atoms with E-state index in [0.717, 1.165) is 19.4 Å². The Bertz CT molecular complexity index is 486. The van der Waals surface area contributed by atoms with Crippen LogP contribution in [0.25, 0.3) is 0 Å². The number of likely N-dealkylation sites (tertiary alicyclic amines) is 1. The highest BCUT2D eigenvalue weighted by Crippen LogP contribution is 2.49. The number of carbonyl (C=O) groups is 2. The second-order valence-corrected chi connectivity index (χ2v) is 7.39. The minimum absolute atomic E-state index is 0.0522. The van der Waals surface area contributed by atoms with Crippen molar-refractivity contribution in [2.75, 3.05) is 6.54 Å². The van der Waals surface area contributed by atoms with Crippen LogP contribution in [0.2, 0.25) is 0 Å². The molecule has 1 amide bonds. The number of hydrogen-bond acceptors (Lipinski definition) is 2. The van der Waals surface area contributed by atoms with Crippen LogP contribution in [-0.2, 0) is 9.59 Å². The van der Waals surface area contributed by atoms with Crippen molar-refractivity contribution in [3.8, 4) is 0 Å². The Balaban J connectivity index is 1.84. The van der Waals surface area contributed by atoms with Gasteiger partial charge in [-0.1, -0.05) is 26.0 Å². The lowest BCUT2D eigenvalue weighted by atomic mass is 9.79. The van der Waals surface area contributed by atoms with E-state index < -0.39 is 11.9 Å². The number of rotatable bonds is 2. The molecule has 1 N–H and O–H groups in total. The lowest BCUT2D eigenvalue weighted by molar-refractivity contribution is -0.153. The van der Waals surface area contributed by atoms with E-state index in [4.69, 9.17) is 0 Å². The van der Waals surface area contributed by atoms with Crippen LogP contribution in [0.4, 0.5) is 0 Å². The van der Waals surface area contributed by atoms with Gasteiger partial charge >= 0.3 is 5.97 Å². The summed E-state index contributed by atoms with van der Waals surface area (Å²) in [7, 11) is 0. The van der Waals surface area contributed by atoms with Crippen LogP contribution in [0, 0.1) is 35.5 Å². The predicted octanol–water partition coefficient (Wildman–Crippen LogP) is 2.40. The molecule has 1 saturated heterocycles. The number of allylic oxidation sites excluding steroid dienone is 2. The first-order chi connectivity index (χ1) is 9.90. The number of carbonyl (C=O) groups excluding carboxylic acids is 1. The fourth-order valence-electron chi connectivity index (χ4n) is 4.69. The highest BCUT2D eigenvalue weighted by Gasteiger charge is 2.53. The number of nitrogens with zero attached hydrogens (tertiary/aromatic N) is 1. The third-order valence-electron chi connectivity index (χ3n) is 5.91. The number of aliphatic carboxylic acids is 1. The predicted molar refractivity (Wildman–Crippen MR) is 79.5 cm³/mol. The molecule has 1 heterocycles. The summed E-state index contributed by atoms with van der Waals surface area (Å²) in [5.74, 6) is -0.446. The zero-order chi connectivity index (χ0) is 15.3. The average molecular weight is 291 g/mol. The van der Waals surface area contributed by atoms with Gasteiger partial charge in [-0.2, -0.15) is 0 Å². The molecular weight excluding hydrogens is 266 g/mol. The molecule has 116 valence electrons. The molecule has 3 rings (SSSR count). The van der Waals surface area contributed by atoms with Crippen LogP contribution < -0.4 is 0 Å². The number of hydrogen-bond donors (Lipinski definition) is 1. The molecule has 7 atom stereocenters. The van der Waals surface area contributed by atoms with E-state index in [0.29, 0.717) is 11.8 Å². The minimum atomic E-state index is -0.809. The Morgan fingerprint density at radius 3 is 2.29 bits per heavy atom. The Morgan fingerprint density at radius 1 is 1.05 bits per heavy atom. The third-order valence-corrected chi connectivity index (χ3v) is 5.91. The van der Waals surface area contributed by atoms with Gasteiger partial charge in [0.1, 0.15) is 0 Å². The van der Waals surface area contributed by atoms with Crippen LogP contribution >= 0.6 is 0 Å². The summed E-state index contributed by atoms with van der Waals surface area (Å²) in [4.78, 5) is 26.6. The van der Waals surface area contributed by atoms with Crippen LogP contribution in [0.15, 0.2) is 12.2 Å². The molecule has 0 radical (unpaired) electrons. The molecular formula is C17H25NO3. The summed E-state index contributed by atoms with van der Waals surface area (Å²) < 4.78 is 0. The smallest absolute Gasteiger partial charge is 0.307 e. The van der Waals surface area contributed by atoms with Crippen molar-refractivity contribution in [2.45, 2.75) is 39.7 Å². The number of amides is 1. The van der Waals surface area contributed by atoms with Gasteiger partial charge in [0.05, 0.1) is 11.8 Å². The molecule has 4 nitrogen and oxygen atoms in total. The number of carboxylic acid groups (broad SMARTS) is 1. The zero-order valence-electron chi connectivity index (χ0n) is 13.0. The molecule has 0 spiro atoms. The molecule has 21 heavy (non-hydrogen) atoms. The Hall–Kier alpha value is -1.32. The molecule has 2 aliphatic carbocycles. The van der Waals surface area contributed by atoms with E-state index >= 15 is 0 Å². The molecule has 0 aromatic heterocycles. The van der Waals surface area contributed by atoms with Gasteiger partial charge in [-0.15, -0.1) is 0 Å². The zero-order valence-corrected chi connectivity index (χ0v) is 13.0. The van der Waals surface area contributed by atoms with Crippen molar-refractivity contribution >= 4 is 11.9 Å². The SMILES string of the molecule is CC1CC(C)C(C)N(C(=O)C2C3C=CC(C3)C2C(=O)O)C1. The van der Waals surface area contributed by atoms with Crippen LogP contribution in [0.5, 0.6) is 0 Å². The minimum Gasteiger partial charge on any atom is -0.481 e. The highest BCUT2D eigenvalue weighted by atomic mass is 16.4. The fraction of sp³-hybridized carbons (Fsp3) is 0.765. The first-order valence-corrected chi connectivity index (χ1v) is 8.11. The maximum absolute atomic E-state index is 13.0. The van der Waals surface area contributed by atoms with E-state index in [1.807, 2.05) is 11.0 Å². The molecule has 0 aromatic rings. The van der Waals surface area contributed by atoms with Gasteiger partial charge in [0.2, 0.25) is 5.91 Å². The quantitative estimate of drug-likeness (QED) is 0.795. The first kappa shape index (κ1) is 14.6. The third kappa shape index (κ3) is 2.29. The summed E-state index contributed by atoms with van der Waals surface area (Å²) in [5, 5.41) is 9.52. The fourth-order valence-corrected chi connectivity index (χ4v) is 4.69. The topological polar surface area (TPSA) is 57.6 Å². The average Bonchev–Trinajstić information content (AvgIpc) is 3.02. The van der Waals surface area contributed by atoms with Crippen molar-refractivity contribution in [3.05, 3.63) is 12.2 Å². The van der Waals surface area contributed by atoms with Crippen molar-refractivity contribution in [3.63, 3.8) is 0 Å². The molecule has 7 unspecified atom stereocenters. The molecule has 1 aliphatic heterocycles. The Morgan fingerprint density at radius 2 is 1.67 bits per heavy atom. The van der Waals surface area contributed by atoms with Gasteiger partial charge < -0.3 is 10.0 Å². The lowest BCUT2D eigenvalue weighted by Gasteiger charge is -2.43. The second-order valence-electron chi connectivity index (χ2n) is 7.39. The molecule has 4 heteroatoms. The second kappa shape index (κ2) is 5.15. The van der Waals surface area contributed by atoms with Gasteiger partial charge in [0.25, 0.3) is 0 Å². The maximum atomic E-state index is 13.0. The Labute approximate surface area is 126 Å². The van der Waals surface area contributed by atoms with Crippen LogP contribution in [0.3, 0.4) is 0 Å². The Kier molecular flexibility index (Phi) is 3.58. The van der Waals surface area contributed by atoms with Gasteiger partial charge in [0, 0.05) is 12.6 Å². The molecule has 2 bridgehead atoms. The largest absolute Gasteiger partial charge is 0.481 e. The van der Waals surface area contributed by atoms with Crippen molar-refractivity contribution in [1.82, 2.24) is 4.90 Å². The molecule has 3 aliphatic rings. The number of piperidine rings is 1. The van der Waals surface area contributed by atoms with Gasteiger partial charge in [-0.25, -0.2) is 0 Å². The van der Waals surface area contributed by atoms with Crippen molar-refractivity contribution in [1.29, 1.82) is 0 Å². The highest BCUT2D eigenvalue weighted by molar-refractivity contribution is 5.87. The van der Waals surface area contributed by atoms with Crippen molar-refractivity contribution < 1.29 is 14.7 Å². The van der Waals surface area contributed by atoms with E-state index in [-0.39, 0.29) is 29.7 Å². The van der Waals surface area contributed by atoms with Gasteiger partial charge in [0.15, 0.2) is 0 Å².